The largest absolute Gasteiger partial charge is 0.273 e. The summed E-state index contributed by atoms with van der Waals surface area (Å²) in [7, 11) is -4.03. The van der Waals surface area contributed by atoms with Gasteiger partial charge in [-0.2, -0.15) is 0 Å². The maximum absolute atomic E-state index is 13.4. The first-order valence-corrected chi connectivity index (χ1v) is 10.4. The highest BCUT2D eigenvalue weighted by atomic mass is 32.2. The Kier molecular flexibility index (Phi) is 5.19. The van der Waals surface area contributed by atoms with Crippen LogP contribution in [-0.2, 0) is 21.2 Å². The number of fused-ring (bicyclic) bond motifs is 1. The number of rotatable bonds is 4. The Morgan fingerprint density at radius 2 is 1.75 bits per heavy atom. The van der Waals surface area contributed by atoms with Crippen molar-refractivity contribution in [3.63, 3.8) is 0 Å². The summed E-state index contributed by atoms with van der Waals surface area (Å²) >= 11 is 0. The van der Waals surface area contributed by atoms with Crippen LogP contribution in [0.5, 0.6) is 0 Å². The van der Waals surface area contributed by atoms with Crippen LogP contribution in [0.2, 0.25) is 0 Å². The van der Waals surface area contributed by atoms with Gasteiger partial charge in [-0.1, -0.05) is 74.4 Å². The van der Waals surface area contributed by atoms with Gasteiger partial charge in [0.15, 0.2) is 0 Å². The minimum absolute atomic E-state index is 0.127. The van der Waals surface area contributed by atoms with Gasteiger partial charge in [0.2, 0.25) is 5.91 Å². The topological polar surface area (TPSA) is 103 Å². The average molecular weight is 398 g/mol. The summed E-state index contributed by atoms with van der Waals surface area (Å²) < 4.78 is 27.3. The Morgan fingerprint density at radius 3 is 2.36 bits per heavy atom. The molecule has 7 nitrogen and oxygen atoms in total. The lowest BCUT2D eigenvalue weighted by atomic mass is 9.82. The zero-order valence-electron chi connectivity index (χ0n) is 16.0. The highest BCUT2D eigenvalue weighted by Gasteiger charge is 2.51. The maximum atomic E-state index is 13.4. The van der Waals surface area contributed by atoms with Gasteiger partial charge in [-0.15, -0.1) is 0 Å². The molecule has 0 unspecified atom stereocenters. The lowest BCUT2D eigenvalue weighted by Gasteiger charge is -2.35. The Morgan fingerprint density at radius 1 is 1.14 bits per heavy atom. The fourth-order valence-electron chi connectivity index (χ4n) is 3.60. The zero-order valence-corrected chi connectivity index (χ0v) is 16.8. The number of hydrogen-bond donors (Lipinski definition) is 0. The molecule has 2 atom stereocenters. The van der Waals surface area contributed by atoms with E-state index in [0.29, 0.717) is 5.56 Å². The van der Waals surface area contributed by atoms with Crippen LogP contribution in [0.1, 0.15) is 37.9 Å². The molecule has 0 saturated carbocycles. The van der Waals surface area contributed by atoms with Crippen LogP contribution >= 0.6 is 0 Å². The first kappa shape index (κ1) is 19.9. The van der Waals surface area contributed by atoms with Crippen molar-refractivity contribution in [2.45, 2.75) is 44.2 Å². The molecule has 1 aliphatic rings. The number of nitrogens with zero attached hydrogens (tertiary/aromatic N) is 4. The molecule has 146 valence electrons. The van der Waals surface area contributed by atoms with Crippen LogP contribution in [-0.4, -0.2) is 24.7 Å². The van der Waals surface area contributed by atoms with Crippen molar-refractivity contribution in [1.29, 1.82) is 0 Å². The average Bonchev–Trinajstić information content (AvgIpc) is 2.89. The van der Waals surface area contributed by atoms with Gasteiger partial charge in [0.1, 0.15) is 6.04 Å². The first-order chi connectivity index (χ1) is 13.2. The van der Waals surface area contributed by atoms with E-state index >= 15 is 0 Å². The minimum atomic E-state index is -4.03. The molecule has 0 aliphatic carbocycles. The SMILES string of the molecule is CC(C)(C)[C@H]1c2ccccc2S(=O)(=O)N1C(=O)[C@H](Cc1ccccc1)N=[N+]=[N-]. The Balaban J connectivity index is 2.08. The van der Waals surface area contributed by atoms with E-state index in [1.165, 1.54) is 6.07 Å². The number of carbonyl (C=O) groups excluding carboxylic acids is 1. The normalized spacial score (nSPS) is 18.8. The van der Waals surface area contributed by atoms with Gasteiger partial charge in [0.05, 0.1) is 10.9 Å². The summed E-state index contributed by atoms with van der Waals surface area (Å²) in [4.78, 5) is 16.3. The van der Waals surface area contributed by atoms with Crippen LogP contribution < -0.4 is 0 Å². The van der Waals surface area contributed by atoms with E-state index in [4.69, 9.17) is 5.53 Å². The Labute approximate surface area is 164 Å². The van der Waals surface area contributed by atoms with Crippen molar-refractivity contribution >= 4 is 15.9 Å². The van der Waals surface area contributed by atoms with Crippen LogP contribution in [0, 0.1) is 5.41 Å². The summed E-state index contributed by atoms with van der Waals surface area (Å²) in [5.74, 6) is -0.710. The van der Waals surface area contributed by atoms with E-state index in [9.17, 15) is 13.2 Å². The summed E-state index contributed by atoms with van der Waals surface area (Å²) in [6, 6.07) is 13.9. The summed E-state index contributed by atoms with van der Waals surface area (Å²) in [6.45, 7) is 5.65. The highest BCUT2D eigenvalue weighted by molar-refractivity contribution is 7.90. The number of azide groups is 1. The molecule has 0 spiro atoms. The first-order valence-electron chi connectivity index (χ1n) is 8.93. The third-order valence-corrected chi connectivity index (χ3v) is 6.61. The van der Waals surface area contributed by atoms with Gasteiger partial charge in [-0.05, 0) is 34.6 Å². The van der Waals surface area contributed by atoms with E-state index in [-0.39, 0.29) is 11.3 Å². The van der Waals surface area contributed by atoms with E-state index < -0.39 is 33.4 Å². The molecule has 0 saturated heterocycles. The molecular weight excluding hydrogens is 376 g/mol. The molecule has 1 heterocycles. The fourth-order valence-corrected chi connectivity index (χ4v) is 5.61. The second-order valence-electron chi connectivity index (χ2n) is 7.86. The lowest BCUT2D eigenvalue weighted by Crippen LogP contribution is -2.45. The molecular formula is C20H22N4O3S. The second kappa shape index (κ2) is 7.30. The van der Waals surface area contributed by atoms with E-state index in [1.54, 1.807) is 18.2 Å². The van der Waals surface area contributed by atoms with Crippen molar-refractivity contribution in [2.24, 2.45) is 10.5 Å². The number of benzene rings is 2. The molecule has 1 aliphatic heterocycles. The van der Waals surface area contributed by atoms with Gasteiger partial charge in [-0.3, -0.25) is 4.79 Å². The van der Waals surface area contributed by atoms with E-state index in [1.807, 2.05) is 51.1 Å². The molecule has 2 aromatic carbocycles. The quantitative estimate of drug-likeness (QED) is 0.437. The molecule has 0 radical (unpaired) electrons. The van der Waals surface area contributed by atoms with Gasteiger partial charge in [0, 0.05) is 4.91 Å². The molecule has 2 aromatic rings. The van der Waals surface area contributed by atoms with Crippen molar-refractivity contribution in [2.75, 3.05) is 0 Å². The Bertz CT molecular complexity index is 1040. The van der Waals surface area contributed by atoms with Gasteiger partial charge >= 0.3 is 0 Å². The van der Waals surface area contributed by atoms with Gasteiger partial charge in [0.25, 0.3) is 10.0 Å². The van der Waals surface area contributed by atoms with Crippen molar-refractivity contribution in [1.82, 2.24) is 4.31 Å². The summed E-state index contributed by atoms with van der Waals surface area (Å²) in [5, 5.41) is 3.63. The summed E-state index contributed by atoms with van der Waals surface area (Å²) in [6.07, 6.45) is 0.128. The van der Waals surface area contributed by atoms with Crippen LogP contribution in [0.3, 0.4) is 0 Å². The third-order valence-electron chi connectivity index (χ3n) is 4.77. The van der Waals surface area contributed by atoms with Gasteiger partial charge < -0.3 is 0 Å². The van der Waals surface area contributed by atoms with Crippen molar-refractivity contribution in [3.05, 3.63) is 76.2 Å². The molecule has 8 heteroatoms. The third kappa shape index (κ3) is 3.48. The smallest absolute Gasteiger partial charge is 0.267 e. The minimum Gasteiger partial charge on any atom is -0.273 e. The summed E-state index contributed by atoms with van der Waals surface area (Å²) in [5.41, 5.74) is 9.81. The number of carbonyl (C=O) groups is 1. The van der Waals surface area contributed by atoms with Crippen LogP contribution in [0.15, 0.2) is 64.6 Å². The number of hydrogen-bond acceptors (Lipinski definition) is 4. The molecule has 0 bridgehead atoms. The lowest BCUT2D eigenvalue weighted by molar-refractivity contribution is -0.130. The van der Waals surface area contributed by atoms with Crippen LogP contribution in [0.25, 0.3) is 10.4 Å². The van der Waals surface area contributed by atoms with E-state index in [0.717, 1.165) is 9.87 Å². The molecule has 0 aromatic heterocycles. The molecule has 0 fully saturated rings. The fraction of sp³-hybridized carbons (Fsp3) is 0.350. The number of sulfonamides is 1. The predicted molar refractivity (Wildman–Crippen MR) is 106 cm³/mol. The standard InChI is InChI=1S/C20H22N4O3S/c1-20(2,3)18-15-11-7-8-12-17(15)28(26,27)24(18)19(25)16(22-23-21)13-14-9-5-4-6-10-14/h4-12,16,18H,13H2,1-3H3/t16-,18+/m0/s1. The highest BCUT2D eigenvalue weighted by Crippen LogP contribution is 2.48. The monoisotopic (exact) mass is 398 g/mol. The predicted octanol–water partition coefficient (Wildman–Crippen LogP) is 4.23. The zero-order chi connectivity index (χ0) is 20.5. The molecule has 28 heavy (non-hydrogen) atoms. The maximum Gasteiger partial charge on any atom is 0.267 e. The second-order valence-corrected chi connectivity index (χ2v) is 9.64. The number of amides is 1. The van der Waals surface area contributed by atoms with Crippen molar-refractivity contribution < 1.29 is 13.2 Å². The van der Waals surface area contributed by atoms with E-state index in [2.05, 4.69) is 10.0 Å². The molecule has 0 N–H and O–H groups in total. The van der Waals surface area contributed by atoms with Crippen LogP contribution in [0.4, 0.5) is 0 Å². The molecule has 3 rings (SSSR count). The molecule has 1 amide bonds. The Hall–Kier alpha value is -2.83. The van der Waals surface area contributed by atoms with Crippen molar-refractivity contribution in [3.8, 4) is 0 Å². The van der Waals surface area contributed by atoms with Gasteiger partial charge in [-0.25, -0.2) is 12.7 Å².